The lowest BCUT2D eigenvalue weighted by molar-refractivity contribution is 0.120. The van der Waals surface area contributed by atoms with Crippen molar-refractivity contribution in [2.75, 3.05) is 0 Å². The molecule has 0 heteroatoms. The van der Waals surface area contributed by atoms with Gasteiger partial charge in [-0.1, -0.05) is 114 Å². The van der Waals surface area contributed by atoms with Gasteiger partial charge in [-0.2, -0.15) is 0 Å². The van der Waals surface area contributed by atoms with Crippen LogP contribution in [0.15, 0.2) is 44.6 Å². The largest absolute Gasteiger partial charge is 0.0735 e. The molecule has 0 saturated heterocycles. The van der Waals surface area contributed by atoms with E-state index in [1.807, 2.05) is 0 Å². The van der Waals surface area contributed by atoms with Crippen molar-refractivity contribution in [1.82, 2.24) is 0 Å². The topological polar surface area (TPSA) is 0 Å². The Bertz CT molecular complexity index is 824. The van der Waals surface area contributed by atoms with Crippen LogP contribution in [-0.2, 0) is 0 Å². The maximum Gasteiger partial charge on any atom is -0.0195 e. The molecule has 0 N–H and O–H groups in total. The fourth-order valence-electron chi connectivity index (χ4n) is 7.01. The summed E-state index contributed by atoms with van der Waals surface area (Å²) in [5, 5.41) is 0. The third-order valence-corrected chi connectivity index (χ3v) is 13.2. The predicted molar refractivity (Wildman–Crippen MR) is 193 cm³/mol. The lowest BCUT2D eigenvalue weighted by Gasteiger charge is -2.38. The van der Waals surface area contributed by atoms with Gasteiger partial charge < -0.3 is 0 Å². The standard InChI is InChI=1S/2C7H14.4C7H12/c6*1-5-4-6(2)7(5)3/h2*5-7H,4H2,1-3H3;4*5H,4H2,1-3H3. The van der Waals surface area contributed by atoms with E-state index in [9.17, 15) is 0 Å². The minimum Gasteiger partial charge on any atom is -0.0735 e. The van der Waals surface area contributed by atoms with E-state index in [2.05, 4.69) is 125 Å². The number of rotatable bonds is 0. The maximum atomic E-state index is 2.35. The van der Waals surface area contributed by atoms with E-state index in [0.717, 1.165) is 59.2 Å². The first-order valence-electron chi connectivity index (χ1n) is 17.9. The van der Waals surface area contributed by atoms with Crippen molar-refractivity contribution in [3.63, 3.8) is 0 Å². The van der Waals surface area contributed by atoms with Crippen molar-refractivity contribution >= 4 is 0 Å². The zero-order valence-electron chi connectivity index (χ0n) is 32.0. The van der Waals surface area contributed by atoms with E-state index in [4.69, 9.17) is 0 Å². The van der Waals surface area contributed by atoms with Crippen molar-refractivity contribution < 1.29 is 0 Å². The third kappa shape index (κ3) is 11.1. The molecular weight excluding hydrogens is 504 g/mol. The molecule has 244 valence electrons. The minimum absolute atomic E-state index is 0.889. The molecular formula is C42H76. The second kappa shape index (κ2) is 17.4. The Labute approximate surface area is 266 Å². The molecule has 0 aliphatic heterocycles. The summed E-state index contributed by atoms with van der Waals surface area (Å²) in [7, 11) is 0. The third-order valence-electron chi connectivity index (χ3n) is 13.2. The molecule has 0 aromatic rings. The molecule has 0 bridgehead atoms. The fourth-order valence-corrected chi connectivity index (χ4v) is 7.01. The van der Waals surface area contributed by atoms with Gasteiger partial charge in [-0.05, 0) is 153 Å². The molecule has 2 saturated carbocycles. The van der Waals surface area contributed by atoms with Crippen LogP contribution in [0, 0.1) is 59.2 Å². The SMILES string of the molecule is CC1=C(C)C(C)C1.CC1=C(C)C(C)C1.CC1=C(C)C(C)C1.CC1=C(C)C(C)C1.CC1CC(C)C1C.CC1CC(C)C1C. The quantitative estimate of drug-likeness (QED) is 0.250. The van der Waals surface area contributed by atoms with Crippen LogP contribution in [0.2, 0.25) is 0 Å². The number of hydrogen-bond acceptors (Lipinski definition) is 0. The molecule has 2 fully saturated rings. The van der Waals surface area contributed by atoms with Crippen molar-refractivity contribution in [2.24, 2.45) is 59.2 Å². The summed E-state index contributed by atoms with van der Waals surface area (Å²) in [5.41, 5.74) is 12.9. The van der Waals surface area contributed by atoms with Crippen LogP contribution in [0.1, 0.15) is 163 Å². The summed E-state index contributed by atoms with van der Waals surface area (Å²) in [6.07, 6.45) is 8.28. The van der Waals surface area contributed by atoms with E-state index < -0.39 is 0 Å². The average molecular weight is 581 g/mol. The summed E-state index contributed by atoms with van der Waals surface area (Å²) < 4.78 is 0. The Hall–Kier alpha value is -1.04. The molecule has 0 spiro atoms. The van der Waals surface area contributed by atoms with Gasteiger partial charge >= 0.3 is 0 Å². The molecule has 6 aliphatic rings. The van der Waals surface area contributed by atoms with Crippen LogP contribution < -0.4 is 0 Å². The Kier molecular flexibility index (Phi) is 16.2. The van der Waals surface area contributed by atoms with E-state index in [-0.39, 0.29) is 0 Å². The highest BCUT2D eigenvalue weighted by atomic mass is 14.4. The normalized spacial score (nSPS) is 37.3. The van der Waals surface area contributed by atoms with Crippen molar-refractivity contribution in [1.29, 1.82) is 0 Å². The van der Waals surface area contributed by atoms with E-state index in [1.54, 1.807) is 44.6 Å². The van der Waals surface area contributed by atoms with Gasteiger partial charge in [-0.25, -0.2) is 0 Å². The Morgan fingerprint density at radius 3 is 0.476 bits per heavy atom. The fraction of sp³-hybridized carbons (Fsp3) is 0.810. The van der Waals surface area contributed by atoms with E-state index in [0.29, 0.717) is 0 Å². The lowest BCUT2D eigenvalue weighted by Crippen LogP contribution is -2.29. The molecule has 0 aromatic carbocycles. The van der Waals surface area contributed by atoms with Crippen LogP contribution in [-0.4, -0.2) is 0 Å². The first kappa shape index (κ1) is 39.0. The molecule has 0 amide bonds. The van der Waals surface area contributed by atoms with Gasteiger partial charge in [0, 0.05) is 0 Å². The van der Waals surface area contributed by atoms with Gasteiger partial charge in [-0.3, -0.25) is 0 Å². The van der Waals surface area contributed by atoms with Crippen LogP contribution in [0.25, 0.3) is 0 Å². The highest BCUT2D eigenvalue weighted by molar-refractivity contribution is 5.25. The van der Waals surface area contributed by atoms with Crippen molar-refractivity contribution in [3.8, 4) is 0 Å². The summed E-state index contributed by atoms with van der Waals surface area (Å²) in [4.78, 5) is 0. The second-order valence-corrected chi connectivity index (χ2v) is 16.4. The first-order valence-corrected chi connectivity index (χ1v) is 17.9. The zero-order valence-corrected chi connectivity index (χ0v) is 32.0. The molecule has 0 heterocycles. The summed E-state index contributed by atoms with van der Waals surface area (Å²) >= 11 is 0. The number of allylic oxidation sites excluding steroid dienone is 8. The second-order valence-electron chi connectivity index (χ2n) is 16.4. The monoisotopic (exact) mass is 581 g/mol. The molecule has 0 aromatic heterocycles. The van der Waals surface area contributed by atoms with Gasteiger partial charge in [-0.15, -0.1) is 0 Å². The van der Waals surface area contributed by atoms with Crippen LogP contribution in [0.5, 0.6) is 0 Å². The molecule has 0 nitrogen and oxygen atoms in total. The van der Waals surface area contributed by atoms with Gasteiger partial charge in [0.05, 0.1) is 0 Å². The molecule has 6 rings (SSSR count). The molecule has 8 unspecified atom stereocenters. The Morgan fingerprint density at radius 2 is 0.476 bits per heavy atom. The molecule has 8 atom stereocenters. The molecule has 42 heavy (non-hydrogen) atoms. The number of hydrogen-bond donors (Lipinski definition) is 0. The Balaban J connectivity index is 0.000000252. The van der Waals surface area contributed by atoms with E-state index >= 15 is 0 Å². The van der Waals surface area contributed by atoms with Crippen LogP contribution in [0.4, 0.5) is 0 Å². The predicted octanol–water partition coefficient (Wildman–Crippen LogP) is 14.0. The smallest absolute Gasteiger partial charge is 0.0195 e. The van der Waals surface area contributed by atoms with Crippen molar-refractivity contribution in [3.05, 3.63) is 44.6 Å². The van der Waals surface area contributed by atoms with Crippen molar-refractivity contribution in [2.45, 2.75) is 163 Å². The van der Waals surface area contributed by atoms with Crippen LogP contribution in [0.3, 0.4) is 0 Å². The van der Waals surface area contributed by atoms with Gasteiger partial charge in [0.25, 0.3) is 0 Å². The van der Waals surface area contributed by atoms with Gasteiger partial charge in [0.2, 0.25) is 0 Å². The maximum absolute atomic E-state index is 2.35. The summed E-state index contributed by atoms with van der Waals surface area (Å²) in [5.74, 6) is 9.59. The zero-order chi connectivity index (χ0) is 32.6. The molecule has 6 aliphatic carbocycles. The lowest BCUT2D eigenvalue weighted by atomic mass is 9.68. The first-order chi connectivity index (χ1) is 19.3. The molecule has 0 radical (unpaired) electrons. The van der Waals surface area contributed by atoms with Crippen LogP contribution >= 0.6 is 0 Å². The Morgan fingerprint density at radius 1 is 0.310 bits per heavy atom. The van der Waals surface area contributed by atoms with Gasteiger partial charge in [0.1, 0.15) is 0 Å². The van der Waals surface area contributed by atoms with Gasteiger partial charge in [0.15, 0.2) is 0 Å². The highest BCUT2D eigenvalue weighted by Crippen LogP contribution is 2.39. The summed E-state index contributed by atoms with van der Waals surface area (Å²) in [6.45, 7) is 40.9. The summed E-state index contributed by atoms with van der Waals surface area (Å²) in [6, 6.07) is 0. The highest BCUT2D eigenvalue weighted by Gasteiger charge is 2.30. The average Bonchev–Trinajstić information content (AvgIpc) is 2.98. The minimum atomic E-state index is 0.889. The van der Waals surface area contributed by atoms with E-state index in [1.165, 1.54) is 38.5 Å².